The highest BCUT2D eigenvalue weighted by Gasteiger charge is 2.28. The Kier molecular flexibility index (Phi) is 10.7. The summed E-state index contributed by atoms with van der Waals surface area (Å²) >= 11 is 0. The Morgan fingerprint density at radius 3 is 1.82 bits per heavy atom. The minimum atomic E-state index is -0.779. The summed E-state index contributed by atoms with van der Waals surface area (Å²) in [7, 11) is 0. The minimum absolute atomic E-state index is 0.149. The molecule has 1 atom stereocenters. The number of hydrogen-bond donors (Lipinski definition) is 0. The van der Waals surface area contributed by atoms with Crippen molar-refractivity contribution in [2.75, 3.05) is 0 Å². The van der Waals surface area contributed by atoms with E-state index in [-0.39, 0.29) is 5.41 Å². The van der Waals surface area contributed by atoms with E-state index in [0.29, 0.717) is 16.7 Å². The van der Waals surface area contributed by atoms with Gasteiger partial charge in [-0.1, -0.05) is 157 Å². The Balaban J connectivity index is 1.40. The highest BCUT2D eigenvalue weighted by atomic mass is 19.2. The van der Waals surface area contributed by atoms with E-state index in [2.05, 4.69) is 26.0 Å². The molecule has 206 valence electrons. The lowest BCUT2D eigenvalue weighted by Crippen LogP contribution is -2.19. The molecule has 0 spiro atoms. The van der Waals surface area contributed by atoms with Crippen molar-refractivity contribution in [3.63, 3.8) is 0 Å². The molecule has 4 rings (SSSR count). The van der Waals surface area contributed by atoms with Crippen LogP contribution in [0.1, 0.15) is 96.5 Å². The van der Waals surface area contributed by atoms with Gasteiger partial charge in [-0.3, -0.25) is 0 Å². The van der Waals surface area contributed by atoms with Gasteiger partial charge in [0, 0.05) is 11.1 Å². The third-order valence-corrected chi connectivity index (χ3v) is 8.32. The number of halogens is 2. The Labute approximate surface area is 234 Å². The highest BCUT2D eigenvalue weighted by molar-refractivity contribution is 5.78. The molecule has 39 heavy (non-hydrogen) atoms. The molecule has 0 bridgehead atoms. The van der Waals surface area contributed by atoms with Crippen LogP contribution in [-0.4, -0.2) is 0 Å². The van der Waals surface area contributed by atoms with Gasteiger partial charge in [-0.05, 0) is 46.9 Å². The van der Waals surface area contributed by atoms with Crippen molar-refractivity contribution in [1.29, 1.82) is 0 Å². The van der Waals surface area contributed by atoms with Crippen molar-refractivity contribution in [3.05, 3.63) is 102 Å². The topological polar surface area (TPSA) is 0 Å². The van der Waals surface area contributed by atoms with E-state index in [1.54, 1.807) is 12.1 Å². The summed E-state index contributed by atoms with van der Waals surface area (Å²) in [5.74, 6) is -1.54. The molecule has 0 fully saturated rings. The van der Waals surface area contributed by atoms with Gasteiger partial charge in [0.05, 0.1) is 0 Å². The molecule has 3 aromatic carbocycles. The van der Waals surface area contributed by atoms with Crippen LogP contribution in [0.25, 0.3) is 27.8 Å². The van der Waals surface area contributed by atoms with Crippen molar-refractivity contribution < 1.29 is 8.78 Å². The summed E-state index contributed by atoms with van der Waals surface area (Å²) in [5.41, 5.74) is 4.42. The van der Waals surface area contributed by atoms with Crippen molar-refractivity contribution in [1.82, 2.24) is 0 Å². The predicted molar refractivity (Wildman–Crippen MR) is 164 cm³/mol. The summed E-state index contributed by atoms with van der Waals surface area (Å²) in [6, 6.07) is 21.2. The van der Waals surface area contributed by atoms with Crippen LogP contribution in [0.3, 0.4) is 0 Å². The predicted octanol–water partition coefficient (Wildman–Crippen LogP) is 12.0. The molecule has 0 amide bonds. The molecule has 3 aromatic rings. The Hall–Kier alpha value is -3.00. The summed E-state index contributed by atoms with van der Waals surface area (Å²) < 4.78 is 30.7. The lowest BCUT2D eigenvalue weighted by molar-refractivity contribution is 0.306. The molecule has 2 heteroatoms. The summed E-state index contributed by atoms with van der Waals surface area (Å²) in [4.78, 5) is 0. The van der Waals surface area contributed by atoms with Crippen LogP contribution in [-0.2, 0) is 0 Å². The van der Waals surface area contributed by atoms with Crippen LogP contribution < -0.4 is 0 Å². The van der Waals surface area contributed by atoms with E-state index in [1.807, 2.05) is 60.7 Å². The highest BCUT2D eigenvalue weighted by Crippen LogP contribution is 2.42. The normalized spacial score (nSPS) is 16.9. The minimum Gasteiger partial charge on any atom is -0.203 e. The van der Waals surface area contributed by atoms with Gasteiger partial charge in [-0.2, -0.15) is 0 Å². The van der Waals surface area contributed by atoms with Crippen LogP contribution in [0, 0.1) is 17.0 Å². The first-order valence-electron chi connectivity index (χ1n) is 15.1. The summed E-state index contributed by atoms with van der Waals surface area (Å²) in [6.07, 6.45) is 21.4. The van der Waals surface area contributed by atoms with Crippen molar-refractivity contribution in [2.45, 2.75) is 90.9 Å². The smallest absolute Gasteiger partial charge is 0.167 e. The first kappa shape index (κ1) is 29.0. The molecule has 0 saturated heterocycles. The third kappa shape index (κ3) is 7.56. The second-order valence-corrected chi connectivity index (χ2v) is 11.3. The van der Waals surface area contributed by atoms with E-state index in [9.17, 15) is 0 Å². The van der Waals surface area contributed by atoms with Crippen LogP contribution >= 0.6 is 0 Å². The Morgan fingerprint density at radius 1 is 0.590 bits per heavy atom. The molecule has 0 heterocycles. The molecule has 0 aliphatic heterocycles. The largest absolute Gasteiger partial charge is 0.203 e. The zero-order valence-electron chi connectivity index (χ0n) is 23.8. The lowest BCUT2D eigenvalue weighted by Gasteiger charge is -2.32. The van der Waals surface area contributed by atoms with Gasteiger partial charge < -0.3 is 0 Å². The van der Waals surface area contributed by atoms with Crippen LogP contribution in [0.5, 0.6) is 0 Å². The molecule has 1 aliphatic carbocycles. The zero-order chi connectivity index (χ0) is 27.5. The molecule has 0 radical (unpaired) electrons. The maximum absolute atomic E-state index is 15.4. The van der Waals surface area contributed by atoms with Gasteiger partial charge in [0.2, 0.25) is 0 Å². The van der Waals surface area contributed by atoms with Gasteiger partial charge in [-0.15, -0.1) is 0 Å². The molecule has 0 saturated carbocycles. The Bertz CT molecular complexity index is 1240. The van der Waals surface area contributed by atoms with Gasteiger partial charge in [-0.25, -0.2) is 8.78 Å². The molecule has 0 nitrogen and oxygen atoms in total. The summed E-state index contributed by atoms with van der Waals surface area (Å²) in [5, 5.41) is 0. The number of benzene rings is 3. The number of allylic oxidation sites excluding steroid dienone is 4. The molecule has 0 aromatic heterocycles. The Morgan fingerprint density at radius 2 is 1.18 bits per heavy atom. The molecular formula is C37H44F2. The molecular weight excluding hydrogens is 482 g/mol. The number of rotatable bonds is 14. The van der Waals surface area contributed by atoms with Gasteiger partial charge in [0.25, 0.3) is 0 Å². The number of unbranched alkanes of at least 4 members (excludes halogenated alkanes) is 7. The zero-order valence-corrected chi connectivity index (χ0v) is 23.8. The molecule has 1 aliphatic rings. The monoisotopic (exact) mass is 526 g/mol. The van der Waals surface area contributed by atoms with E-state index in [0.717, 1.165) is 36.0 Å². The number of hydrogen-bond acceptors (Lipinski definition) is 0. The fraction of sp³-hybridized carbons (Fsp3) is 0.405. The first-order valence-corrected chi connectivity index (χ1v) is 15.1. The van der Waals surface area contributed by atoms with Gasteiger partial charge in [0.1, 0.15) is 0 Å². The summed E-state index contributed by atoms with van der Waals surface area (Å²) in [6.45, 7) is 4.50. The average Bonchev–Trinajstić information content (AvgIpc) is 2.97. The SMILES string of the molecule is CCCCCCCCCCC1(CCC)C=CC(c2ccc(-c3ccc(-c4ccccc4)cc3)c(F)c2F)=CC1. The second kappa shape index (κ2) is 14.4. The van der Waals surface area contributed by atoms with Gasteiger partial charge in [0.15, 0.2) is 11.6 Å². The van der Waals surface area contributed by atoms with E-state index >= 15 is 8.78 Å². The van der Waals surface area contributed by atoms with Crippen molar-refractivity contribution >= 4 is 5.57 Å². The lowest BCUT2D eigenvalue weighted by atomic mass is 9.72. The van der Waals surface area contributed by atoms with Crippen LogP contribution in [0.4, 0.5) is 8.78 Å². The molecule has 0 N–H and O–H groups in total. The fourth-order valence-corrected chi connectivity index (χ4v) is 5.99. The quantitative estimate of drug-likeness (QED) is 0.183. The second-order valence-electron chi connectivity index (χ2n) is 11.3. The third-order valence-electron chi connectivity index (χ3n) is 8.32. The van der Waals surface area contributed by atoms with Crippen LogP contribution in [0.15, 0.2) is 85.0 Å². The fourth-order valence-electron chi connectivity index (χ4n) is 5.99. The molecule has 1 unspecified atom stereocenters. The first-order chi connectivity index (χ1) is 19.1. The standard InChI is InChI=1S/C37H44F2/c1-3-5-6-7-8-9-10-14-26-37(25-4-2)27-23-32(24-28-37)34-22-21-33(35(38)36(34)39)31-19-17-30(18-20-31)29-15-12-11-13-16-29/h11-13,15-24,27H,3-10,14,25-26,28H2,1-2H3. The maximum Gasteiger partial charge on any atom is 0.167 e. The average molecular weight is 527 g/mol. The van der Waals surface area contributed by atoms with Crippen molar-refractivity contribution in [3.8, 4) is 22.3 Å². The van der Waals surface area contributed by atoms with E-state index in [1.165, 1.54) is 57.8 Å². The van der Waals surface area contributed by atoms with Crippen LogP contribution in [0.2, 0.25) is 0 Å². The maximum atomic E-state index is 15.4. The van der Waals surface area contributed by atoms with E-state index < -0.39 is 11.6 Å². The van der Waals surface area contributed by atoms with Crippen molar-refractivity contribution in [2.24, 2.45) is 5.41 Å². The van der Waals surface area contributed by atoms with Gasteiger partial charge >= 0.3 is 0 Å². The van der Waals surface area contributed by atoms with E-state index in [4.69, 9.17) is 0 Å².